The Bertz CT molecular complexity index is 1430. The number of aliphatic hydroxyl groups excluding tert-OH is 1. The number of aliphatic hydroxyl groups is 1. The van der Waals surface area contributed by atoms with Crippen molar-refractivity contribution in [1.29, 1.82) is 0 Å². The number of carbonyl (C=O) groups is 3. The molecule has 4 rings (SSSR count). The van der Waals surface area contributed by atoms with Crippen molar-refractivity contribution in [2.75, 3.05) is 20.1 Å². The molecule has 1 aliphatic heterocycles. The number of hydrogen-bond acceptors (Lipinski definition) is 8. The summed E-state index contributed by atoms with van der Waals surface area (Å²) in [5.41, 5.74) is 12.6. The van der Waals surface area contributed by atoms with Gasteiger partial charge in [-0.2, -0.15) is 0 Å². The van der Waals surface area contributed by atoms with E-state index in [2.05, 4.69) is 20.6 Å². The number of rotatable bonds is 13. The van der Waals surface area contributed by atoms with Crippen molar-refractivity contribution in [2.45, 2.75) is 56.3 Å². The molecule has 2 heterocycles. The summed E-state index contributed by atoms with van der Waals surface area (Å²) in [6.45, 7) is 0.770. The quantitative estimate of drug-likeness (QED) is 0.0961. The minimum Gasteiger partial charge on any atom is -0.478 e. The molecule has 1 fully saturated rings. The van der Waals surface area contributed by atoms with Gasteiger partial charge in [0.2, 0.25) is 11.8 Å². The number of guanidine groups is 1. The van der Waals surface area contributed by atoms with Crippen LogP contribution in [-0.2, 0) is 16.0 Å². The molecular formula is C29H37N7O5S. The number of carboxylic acids is 1. The number of nitrogens with zero attached hydrogens (tertiary/aromatic N) is 3. The third kappa shape index (κ3) is 7.60. The number of nitrogens with one attached hydrogen (secondary N) is 2. The highest BCUT2D eigenvalue weighted by molar-refractivity contribution is 7.18. The van der Waals surface area contributed by atoms with Crippen LogP contribution in [0.4, 0.5) is 0 Å². The van der Waals surface area contributed by atoms with Crippen LogP contribution in [0.1, 0.15) is 52.7 Å². The Hall–Kier alpha value is -4.07. The molecule has 1 aliphatic rings. The highest BCUT2D eigenvalue weighted by Gasteiger charge is 2.38. The number of aliphatic imine (C=N–C) groups is 1. The van der Waals surface area contributed by atoms with Gasteiger partial charge >= 0.3 is 5.97 Å². The van der Waals surface area contributed by atoms with E-state index in [4.69, 9.17) is 11.5 Å². The Morgan fingerprint density at radius 1 is 1.19 bits per heavy atom. The van der Waals surface area contributed by atoms with Crippen molar-refractivity contribution in [3.8, 4) is 0 Å². The normalized spacial score (nSPS) is 17.0. The van der Waals surface area contributed by atoms with Crippen molar-refractivity contribution in [2.24, 2.45) is 16.5 Å². The van der Waals surface area contributed by atoms with Gasteiger partial charge in [0.15, 0.2) is 5.96 Å². The zero-order valence-corrected chi connectivity index (χ0v) is 24.2. The average Bonchev–Trinajstić information content (AvgIpc) is 3.64. The van der Waals surface area contributed by atoms with Gasteiger partial charge in [0.05, 0.1) is 27.9 Å². The smallest absolute Gasteiger partial charge is 0.335 e. The zero-order valence-electron chi connectivity index (χ0n) is 23.4. The van der Waals surface area contributed by atoms with Crippen LogP contribution in [0.3, 0.4) is 0 Å². The Morgan fingerprint density at radius 3 is 2.64 bits per heavy atom. The number of thiazole rings is 1. The first-order chi connectivity index (χ1) is 20.2. The van der Waals surface area contributed by atoms with E-state index in [1.54, 1.807) is 18.0 Å². The van der Waals surface area contributed by atoms with E-state index in [9.17, 15) is 24.6 Å². The third-order valence-corrected chi connectivity index (χ3v) is 8.44. The van der Waals surface area contributed by atoms with Crippen LogP contribution in [0.2, 0.25) is 0 Å². The van der Waals surface area contributed by atoms with Crippen LogP contribution in [0.15, 0.2) is 53.5 Å². The molecule has 2 amide bonds. The molecule has 0 bridgehead atoms. The van der Waals surface area contributed by atoms with Crippen LogP contribution < -0.4 is 22.1 Å². The number of carboxylic acid groups (broad SMARTS) is 1. The van der Waals surface area contributed by atoms with Crippen molar-refractivity contribution >= 4 is 45.3 Å². The summed E-state index contributed by atoms with van der Waals surface area (Å²) >= 11 is 1.17. The minimum atomic E-state index is -1.17. The lowest BCUT2D eigenvalue weighted by Crippen LogP contribution is -2.54. The van der Waals surface area contributed by atoms with Gasteiger partial charge in [0.1, 0.15) is 17.2 Å². The maximum Gasteiger partial charge on any atom is 0.335 e. The van der Waals surface area contributed by atoms with E-state index < -0.39 is 30.2 Å². The van der Waals surface area contributed by atoms with E-state index in [-0.39, 0.29) is 23.3 Å². The molecule has 3 aromatic rings. The van der Waals surface area contributed by atoms with Gasteiger partial charge < -0.3 is 37.2 Å². The summed E-state index contributed by atoms with van der Waals surface area (Å²) in [6, 6.07) is 12.3. The molecule has 0 unspecified atom stereocenters. The van der Waals surface area contributed by atoms with Crippen LogP contribution in [0.25, 0.3) is 10.2 Å². The highest BCUT2D eigenvalue weighted by Crippen LogP contribution is 2.30. The molecule has 1 saturated heterocycles. The topological polar surface area (TPSA) is 196 Å². The van der Waals surface area contributed by atoms with E-state index in [0.717, 1.165) is 5.56 Å². The number of carbonyl (C=O) groups excluding carboxylic acids is 2. The largest absolute Gasteiger partial charge is 0.478 e. The van der Waals surface area contributed by atoms with Crippen LogP contribution in [-0.4, -0.2) is 82.1 Å². The molecule has 8 N–H and O–H groups in total. The van der Waals surface area contributed by atoms with Crippen molar-refractivity contribution in [3.05, 3.63) is 64.7 Å². The fraction of sp³-hybridized carbons (Fsp3) is 0.414. The second kappa shape index (κ2) is 14.2. The van der Waals surface area contributed by atoms with E-state index in [1.807, 2.05) is 30.3 Å². The second-order valence-corrected chi connectivity index (χ2v) is 11.3. The Labute approximate surface area is 247 Å². The number of aromatic nitrogens is 1. The highest BCUT2D eigenvalue weighted by atomic mass is 32.1. The van der Waals surface area contributed by atoms with Crippen LogP contribution >= 0.6 is 11.3 Å². The van der Waals surface area contributed by atoms with Gasteiger partial charge in [0.25, 0.3) is 0 Å². The molecule has 42 heavy (non-hydrogen) atoms. The summed E-state index contributed by atoms with van der Waals surface area (Å²) in [7, 11) is 1.73. The molecule has 224 valence electrons. The number of hydrogen-bond donors (Lipinski definition) is 6. The molecule has 0 saturated carbocycles. The molecular weight excluding hydrogens is 558 g/mol. The van der Waals surface area contributed by atoms with E-state index in [0.29, 0.717) is 60.4 Å². The lowest BCUT2D eigenvalue weighted by molar-refractivity contribution is -0.140. The number of benzene rings is 2. The molecule has 0 radical (unpaired) electrons. The van der Waals surface area contributed by atoms with Gasteiger partial charge in [-0.3, -0.25) is 14.6 Å². The van der Waals surface area contributed by atoms with Gasteiger partial charge in [-0.25, -0.2) is 9.78 Å². The SMILES string of the molecule is CN[C@H](Cc1ccccc1)C(=O)N1CCC[C@H]1C(=O)N[C@@H](CCCN=C(N)N)[C@H](O)c1nc2ccc(C(=O)O)cc2s1. The standard InChI is InChI=1S/C29H37N7O5S/c1-32-21(15-17-7-3-2-4-8-17)27(39)36-14-6-10-22(36)25(38)34-20(9-5-13-33-29(30)31)24(37)26-35-19-12-11-18(28(40)41)16-23(19)42-26/h2-4,7-8,11-12,16,20-22,24,32,37H,5-6,9-10,13-15H2,1H3,(H,34,38)(H,40,41)(H4,30,31,33)/t20-,21+,22-,24-/m0/s1. The molecule has 12 nitrogen and oxygen atoms in total. The molecule has 2 aromatic carbocycles. The first kappa shape index (κ1) is 30.9. The Morgan fingerprint density at radius 2 is 1.95 bits per heavy atom. The summed E-state index contributed by atoms with van der Waals surface area (Å²) in [5, 5.41) is 27.1. The van der Waals surface area contributed by atoms with Gasteiger partial charge in [0, 0.05) is 13.1 Å². The zero-order chi connectivity index (χ0) is 30.2. The lowest BCUT2D eigenvalue weighted by Gasteiger charge is -2.30. The van der Waals surface area contributed by atoms with E-state index in [1.165, 1.54) is 23.5 Å². The minimum absolute atomic E-state index is 0.0498. The van der Waals surface area contributed by atoms with Crippen molar-refractivity contribution in [3.63, 3.8) is 0 Å². The Kier molecular flexibility index (Phi) is 10.4. The number of likely N-dealkylation sites (tertiary alicyclic amines) is 1. The second-order valence-electron chi connectivity index (χ2n) is 10.3. The fourth-order valence-corrected chi connectivity index (χ4v) is 6.21. The predicted molar refractivity (Wildman–Crippen MR) is 161 cm³/mol. The van der Waals surface area contributed by atoms with Gasteiger partial charge in [-0.15, -0.1) is 11.3 Å². The predicted octanol–water partition coefficient (Wildman–Crippen LogP) is 1.39. The molecule has 1 aromatic heterocycles. The molecule has 13 heteroatoms. The van der Waals surface area contributed by atoms with Crippen LogP contribution in [0, 0.1) is 0 Å². The van der Waals surface area contributed by atoms with Gasteiger partial charge in [-0.05, 0) is 62.9 Å². The summed E-state index contributed by atoms with van der Waals surface area (Å²) in [5.74, 6) is -1.61. The summed E-state index contributed by atoms with van der Waals surface area (Å²) < 4.78 is 0.610. The van der Waals surface area contributed by atoms with Crippen molar-refractivity contribution in [1.82, 2.24) is 20.5 Å². The first-order valence-corrected chi connectivity index (χ1v) is 14.7. The molecule has 4 atom stereocenters. The fourth-order valence-electron chi connectivity index (χ4n) is 5.15. The number of likely N-dealkylation sites (N-methyl/N-ethyl adjacent to an activating group) is 1. The number of aromatic carboxylic acids is 1. The third-order valence-electron chi connectivity index (χ3n) is 7.35. The van der Waals surface area contributed by atoms with E-state index >= 15 is 0 Å². The lowest BCUT2D eigenvalue weighted by atomic mass is 10.0. The van der Waals surface area contributed by atoms with Crippen molar-refractivity contribution < 1.29 is 24.6 Å². The maximum atomic E-state index is 13.6. The summed E-state index contributed by atoms with van der Waals surface area (Å²) in [4.78, 5) is 48.7. The monoisotopic (exact) mass is 595 g/mol. The maximum absolute atomic E-state index is 13.6. The number of fused-ring (bicyclic) bond motifs is 1. The molecule has 0 aliphatic carbocycles. The van der Waals surface area contributed by atoms with Gasteiger partial charge in [-0.1, -0.05) is 30.3 Å². The molecule has 0 spiro atoms. The summed E-state index contributed by atoms with van der Waals surface area (Å²) in [6.07, 6.45) is 1.33. The number of nitrogens with two attached hydrogens (primary N) is 2. The van der Waals surface area contributed by atoms with Crippen LogP contribution in [0.5, 0.6) is 0 Å². The number of amides is 2. The first-order valence-electron chi connectivity index (χ1n) is 13.9. The average molecular weight is 596 g/mol. The Balaban J connectivity index is 1.51.